The molecule has 1 aromatic carbocycles. The zero-order valence-corrected chi connectivity index (χ0v) is 10.4. The molecule has 2 rings (SSSR count). The summed E-state index contributed by atoms with van der Waals surface area (Å²) in [7, 11) is 0. The molecule has 1 aliphatic heterocycles. The van der Waals surface area contributed by atoms with Gasteiger partial charge in [-0.3, -0.25) is 0 Å². The minimum absolute atomic E-state index is 0. The summed E-state index contributed by atoms with van der Waals surface area (Å²) < 4.78 is 9.89. The Morgan fingerprint density at radius 3 is 1.50 bits per heavy atom. The van der Waals surface area contributed by atoms with Gasteiger partial charge in [-0.05, 0) is 0 Å². The van der Waals surface area contributed by atoms with Crippen LogP contribution in [0, 0.1) is 0 Å². The van der Waals surface area contributed by atoms with E-state index in [1.54, 1.807) is 12.1 Å². The minimum Gasteiger partial charge on any atom is -0.872 e. The number of hydrogen-bond donors (Lipinski definition) is 0. The SMILES string of the molecule is C1COCCO1.[Na+].[O-]c1ccccc1. The van der Waals surface area contributed by atoms with E-state index in [4.69, 9.17) is 9.47 Å². The fraction of sp³-hybridized carbons (Fsp3) is 0.400. The van der Waals surface area contributed by atoms with E-state index >= 15 is 0 Å². The topological polar surface area (TPSA) is 41.5 Å². The van der Waals surface area contributed by atoms with Crippen molar-refractivity contribution >= 4 is 0 Å². The van der Waals surface area contributed by atoms with Crippen molar-refractivity contribution in [3.63, 3.8) is 0 Å². The molecule has 1 aliphatic rings. The maximum Gasteiger partial charge on any atom is 1.00 e. The van der Waals surface area contributed by atoms with Gasteiger partial charge in [0, 0.05) is 0 Å². The summed E-state index contributed by atoms with van der Waals surface area (Å²) in [5, 5.41) is 10.3. The van der Waals surface area contributed by atoms with Crippen LogP contribution in [0.3, 0.4) is 0 Å². The van der Waals surface area contributed by atoms with Gasteiger partial charge in [0.15, 0.2) is 0 Å². The first-order chi connectivity index (χ1) is 6.39. The van der Waals surface area contributed by atoms with Gasteiger partial charge in [-0.25, -0.2) is 0 Å². The third-order valence-electron chi connectivity index (χ3n) is 1.49. The first kappa shape index (κ1) is 13.9. The van der Waals surface area contributed by atoms with Crippen LogP contribution in [0.4, 0.5) is 0 Å². The van der Waals surface area contributed by atoms with Crippen molar-refractivity contribution in [1.82, 2.24) is 0 Å². The quantitative estimate of drug-likeness (QED) is 0.450. The molecular formula is C10H13NaO3. The summed E-state index contributed by atoms with van der Waals surface area (Å²) in [4.78, 5) is 0. The van der Waals surface area contributed by atoms with E-state index < -0.39 is 0 Å². The van der Waals surface area contributed by atoms with Crippen molar-refractivity contribution in [2.24, 2.45) is 0 Å². The molecule has 1 aromatic rings. The molecule has 0 aromatic heterocycles. The molecule has 72 valence electrons. The van der Waals surface area contributed by atoms with Gasteiger partial charge in [0.2, 0.25) is 0 Å². The molecule has 3 nitrogen and oxygen atoms in total. The van der Waals surface area contributed by atoms with Gasteiger partial charge in [0.1, 0.15) is 0 Å². The van der Waals surface area contributed by atoms with Crippen molar-refractivity contribution in [3.05, 3.63) is 30.3 Å². The molecule has 1 heterocycles. The average molecular weight is 204 g/mol. The monoisotopic (exact) mass is 204 g/mol. The summed E-state index contributed by atoms with van der Waals surface area (Å²) in [6.07, 6.45) is 0. The van der Waals surface area contributed by atoms with Crippen molar-refractivity contribution in [2.45, 2.75) is 0 Å². The van der Waals surface area contributed by atoms with Gasteiger partial charge in [-0.2, -0.15) is 0 Å². The van der Waals surface area contributed by atoms with Crippen molar-refractivity contribution in [2.75, 3.05) is 26.4 Å². The van der Waals surface area contributed by atoms with Crippen LogP contribution in [0.1, 0.15) is 0 Å². The first-order valence-corrected chi connectivity index (χ1v) is 4.27. The van der Waals surface area contributed by atoms with Crippen LogP contribution in [0.2, 0.25) is 0 Å². The van der Waals surface area contributed by atoms with Gasteiger partial charge < -0.3 is 14.6 Å². The molecule has 0 unspecified atom stereocenters. The third-order valence-corrected chi connectivity index (χ3v) is 1.49. The zero-order chi connectivity index (χ0) is 9.36. The van der Waals surface area contributed by atoms with Gasteiger partial charge in [-0.1, -0.05) is 30.3 Å². The number of rotatable bonds is 0. The smallest absolute Gasteiger partial charge is 0.872 e. The normalized spacial score (nSPS) is 14.6. The minimum atomic E-state index is 0. The van der Waals surface area contributed by atoms with Crippen LogP contribution in [0.15, 0.2) is 30.3 Å². The second kappa shape index (κ2) is 9.49. The summed E-state index contributed by atoms with van der Waals surface area (Å²) in [5.41, 5.74) is 0. The van der Waals surface area contributed by atoms with Gasteiger partial charge in [0.25, 0.3) is 0 Å². The standard InChI is InChI=1S/C6H6O.C4H8O2.Na/c7-6-4-2-1-3-5-6;1-2-6-4-3-5-1;/h1-5,7H;1-4H2;/q;;+1/p-1. The van der Waals surface area contributed by atoms with E-state index in [-0.39, 0.29) is 35.3 Å². The van der Waals surface area contributed by atoms with Crippen molar-refractivity contribution in [3.8, 4) is 5.75 Å². The molecule has 1 saturated heterocycles. The molecule has 0 saturated carbocycles. The van der Waals surface area contributed by atoms with E-state index in [0.29, 0.717) is 0 Å². The Labute approximate surface area is 106 Å². The summed E-state index contributed by atoms with van der Waals surface area (Å²) in [6.45, 7) is 3.11. The second-order valence-electron chi connectivity index (χ2n) is 2.54. The molecule has 0 radical (unpaired) electrons. The molecular weight excluding hydrogens is 191 g/mol. The maximum atomic E-state index is 10.3. The predicted molar refractivity (Wildman–Crippen MR) is 47.5 cm³/mol. The molecule has 14 heavy (non-hydrogen) atoms. The Hall–Kier alpha value is -0.0600. The van der Waals surface area contributed by atoms with Crippen LogP contribution < -0.4 is 34.7 Å². The van der Waals surface area contributed by atoms with E-state index in [2.05, 4.69) is 0 Å². The molecule has 0 N–H and O–H groups in total. The molecule has 0 atom stereocenters. The van der Waals surface area contributed by atoms with E-state index in [9.17, 15) is 5.11 Å². The van der Waals surface area contributed by atoms with Crippen LogP contribution in [-0.4, -0.2) is 26.4 Å². The second-order valence-corrected chi connectivity index (χ2v) is 2.54. The van der Waals surface area contributed by atoms with Gasteiger partial charge >= 0.3 is 29.6 Å². The Balaban J connectivity index is 0.000000227. The van der Waals surface area contributed by atoms with Crippen LogP contribution in [0.25, 0.3) is 0 Å². The van der Waals surface area contributed by atoms with Gasteiger partial charge in [0.05, 0.1) is 26.4 Å². The van der Waals surface area contributed by atoms with E-state index in [0.717, 1.165) is 26.4 Å². The molecule has 0 spiro atoms. The number of benzene rings is 1. The first-order valence-electron chi connectivity index (χ1n) is 4.27. The fourth-order valence-electron chi connectivity index (χ4n) is 0.860. The van der Waals surface area contributed by atoms with Crippen molar-refractivity contribution in [1.29, 1.82) is 0 Å². The number of para-hydroxylation sites is 1. The summed E-state index contributed by atoms with van der Waals surface area (Å²) in [6, 6.07) is 8.33. The molecule has 4 heteroatoms. The largest absolute Gasteiger partial charge is 1.00 e. The predicted octanol–water partition coefficient (Wildman–Crippen LogP) is -2.20. The van der Waals surface area contributed by atoms with Crippen molar-refractivity contribution < 1.29 is 44.1 Å². The van der Waals surface area contributed by atoms with E-state index in [1.165, 1.54) is 12.1 Å². The summed E-state index contributed by atoms with van der Waals surface area (Å²) in [5.74, 6) is 0.0718. The Morgan fingerprint density at radius 2 is 1.29 bits per heavy atom. The van der Waals surface area contributed by atoms with Crippen LogP contribution in [-0.2, 0) is 9.47 Å². The molecule has 1 fully saturated rings. The number of hydrogen-bond acceptors (Lipinski definition) is 3. The molecule has 0 amide bonds. The third kappa shape index (κ3) is 7.35. The summed E-state index contributed by atoms with van der Waals surface area (Å²) >= 11 is 0. The maximum absolute atomic E-state index is 10.3. The zero-order valence-electron chi connectivity index (χ0n) is 8.44. The van der Waals surface area contributed by atoms with Crippen LogP contribution >= 0.6 is 0 Å². The average Bonchev–Trinajstić information content (AvgIpc) is 2.22. The Morgan fingerprint density at radius 1 is 0.857 bits per heavy atom. The Bertz CT molecular complexity index is 200. The molecule has 0 aliphatic carbocycles. The fourth-order valence-corrected chi connectivity index (χ4v) is 0.860. The van der Waals surface area contributed by atoms with E-state index in [1.807, 2.05) is 6.07 Å². The van der Waals surface area contributed by atoms with Gasteiger partial charge in [-0.15, -0.1) is 5.75 Å². The Kier molecular flexibility index (Phi) is 9.45. The van der Waals surface area contributed by atoms with Crippen LogP contribution in [0.5, 0.6) is 5.75 Å². The number of ether oxygens (including phenoxy) is 2. The molecule has 0 bridgehead atoms.